The molecule has 41 heavy (non-hydrogen) atoms. The molecule has 2 atom stereocenters. The van der Waals surface area contributed by atoms with Crippen LogP contribution < -0.4 is 15.6 Å². The number of anilines is 2. The number of hydrogen-bond acceptors (Lipinski definition) is 8. The average molecular weight is 562 g/mol. The molecule has 4 aromatic heterocycles. The molecule has 0 unspecified atom stereocenters. The van der Waals surface area contributed by atoms with E-state index in [1.54, 1.807) is 37.1 Å². The Morgan fingerprint density at radius 3 is 2.61 bits per heavy atom. The Bertz CT molecular complexity index is 1940. The maximum Gasteiger partial charge on any atom is 0.199 e. The summed E-state index contributed by atoms with van der Waals surface area (Å²) in [5.41, 5.74) is 2.78. The summed E-state index contributed by atoms with van der Waals surface area (Å²) in [6.07, 6.45) is 4.54. The summed E-state index contributed by atoms with van der Waals surface area (Å²) < 4.78 is 32.1. The number of halogens is 2. The summed E-state index contributed by atoms with van der Waals surface area (Å²) in [6.45, 7) is 1.63. The SMILES string of the molecule is CNc1cc(F)c(F)c2c1[nH]c1ncc(-c3cnc4c(c3)c(=O)c(C(O)O)cn4C)c(N3CC[C@@H]4[C@H]3CCN4C)c12. The number of aryl methyl sites for hydroxylation is 1. The van der Waals surface area contributed by atoms with Crippen LogP contribution in [0.3, 0.4) is 0 Å². The number of aliphatic hydroxyl groups is 2. The Kier molecular flexibility index (Phi) is 5.79. The summed E-state index contributed by atoms with van der Waals surface area (Å²) >= 11 is 0. The molecule has 10 nitrogen and oxygen atoms in total. The van der Waals surface area contributed by atoms with Crippen LogP contribution in [-0.4, -0.2) is 73.9 Å². The van der Waals surface area contributed by atoms with E-state index in [1.807, 2.05) is 0 Å². The summed E-state index contributed by atoms with van der Waals surface area (Å²) in [4.78, 5) is 30.2. The van der Waals surface area contributed by atoms with Gasteiger partial charge in [-0.3, -0.25) is 4.79 Å². The van der Waals surface area contributed by atoms with Gasteiger partial charge in [0.2, 0.25) is 0 Å². The normalized spacial score (nSPS) is 19.4. The predicted molar refractivity (Wildman–Crippen MR) is 153 cm³/mol. The smallest absolute Gasteiger partial charge is 0.199 e. The fourth-order valence-electron chi connectivity index (χ4n) is 6.85. The van der Waals surface area contributed by atoms with Crippen molar-refractivity contribution in [3.05, 3.63) is 58.1 Å². The zero-order valence-electron chi connectivity index (χ0n) is 22.7. The molecular weight excluding hydrogens is 532 g/mol. The van der Waals surface area contributed by atoms with E-state index in [9.17, 15) is 19.4 Å². The third-order valence-corrected chi connectivity index (χ3v) is 8.80. The number of H-pyrrole nitrogens is 1. The molecule has 4 N–H and O–H groups in total. The lowest BCUT2D eigenvalue weighted by Crippen LogP contribution is -2.35. The number of benzene rings is 1. The van der Waals surface area contributed by atoms with Crippen molar-refractivity contribution in [1.82, 2.24) is 24.4 Å². The fraction of sp³-hybridized carbons (Fsp3) is 0.345. The largest absolute Gasteiger partial charge is 0.386 e. The second kappa shape index (κ2) is 9.20. The van der Waals surface area contributed by atoms with Crippen LogP contribution in [0.15, 0.2) is 35.5 Å². The van der Waals surface area contributed by atoms with E-state index in [0.717, 1.165) is 25.5 Å². The Balaban J connectivity index is 1.57. The lowest BCUT2D eigenvalue weighted by molar-refractivity contribution is -0.0435. The van der Waals surface area contributed by atoms with Gasteiger partial charge in [-0.15, -0.1) is 0 Å². The van der Waals surface area contributed by atoms with Crippen molar-refractivity contribution in [2.75, 3.05) is 37.4 Å². The van der Waals surface area contributed by atoms with E-state index in [0.29, 0.717) is 57.3 Å². The minimum atomic E-state index is -1.94. The number of pyridine rings is 3. The van der Waals surface area contributed by atoms with Crippen LogP contribution in [0.2, 0.25) is 0 Å². The molecule has 0 radical (unpaired) electrons. The lowest BCUT2D eigenvalue weighted by atomic mass is 10.00. The molecule has 212 valence electrons. The van der Waals surface area contributed by atoms with Crippen molar-refractivity contribution >= 4 is 44.3 Å². The van der Waals surface area contributed by atoms with Crippen LogP contribution in [0.1, 0.15) is 24.7 Å². The van der Waals surface area contributed by atoms with Gasteiger partial charge in [0.25, 0.3) is 0 Å². The van der Waals surface area contributed by atoms with Gasteiger partial charge in [0.15, 0.2) is 23.4 Å². The van der Waals surface area contributed by atoms with E-state index in [-0.39, 0.29) is 22.4 Å². The first-order valence-electron chi connectivity index (χ1n) is 13.5. The first kappa shape index (κ1) is 25.8. The topological polar surface area (TPSA) is 123 Å². The Labute approximate surface area is 232 Å². The van der Waals surface area contributed by atoms with Crippen molar-refractivity contribution in [1.29, 1.82) is 0 Å². The number of nitrogens with zero attached hydrogens (tertiary/aromatic N) is 5. The minimum Gasteiger partial charge on any atom is -0.386 e. The maximum absolute atomic E-state index is 15.7. The van der Waals surface area contributed by atoms with E-state index in [2.05, 4.69) is 37.1 Å². The van der Waals surface area contributed by atoms with Crippen molar-refractivity contribution in [2.45, 2.75) is 31.2 Å². The van der Waals surface area contributed by atoms with Crippen LogP contribution in [0.25, 0.3) is 44.1 Å². The maximum atomic E-state index is 15.7. The molecule has 0 spiro atoms. The molecule has 6 heterocycles. The summed E-state index contributed by atoms with van der Waals surface area (Å²) in [7, 11) is 5.42. The van der Waals surface area contributed by atoms with Gasteiger partial charge in [-0.2, -0.15) is 0 Å². The molecule has 2 saturated heterocycles. The molecule has 2 aliphatic rings. The van der Waals surface area contributed by atoms with Gasteiger partial charge in [-0.1, -0.05) is 0 Å². The molecule has 0 aliphatic carbocycles. The number of aromatic amines is 1. The van der Waals surface area contributed by atoms with Crippen molar-refractivity contribution < 1.29 is 19.0 Å². The van der Waals surface area contributed by atoms with Crippen molar-refractivity contribution in [3.63, 3.8) is 0 Å². The number of likely N-dealkylation sites (tertiary alicyclic amines) is 1. The van der Waals surface area contributed by atoms with Gasteiger partial charge >= 0.3 is 0 Å². The van der Waals surface area contributed by atoms with Gasteiger partial charge in [0, 0.05) is 75.1 Å². The molecule has 1 aromatic carbocycles. The third-order valence-electron chi connectivity index (χ3n) is 8.80. The molecule has 12 heteroatoms. The highest BCUT2D eigenvalue weighted by Crippen LogP contribution is 2.46. The molecule has 0 bridgehead atoms. The van der Waals surface area contributed by atoms with Crippen LogP contribution in [0.4, 0.5) is 20.2 Å². The predicted octanol–water partition coefficient (Wildman–Crippen LogP) is 3.22. The van der Waals surface area contributed by atoms with Crippen molar-refractivity contribution in [3.8, 4) is 11.1 Å². The summed E-state index contributed by atoms with van der Waals surface area (Å²) in [6, 6.07) is 3.26. The van der Waals surface area contributed by atoms with Gasteiger partial charge in [-0.05, 0) is 26.0 Å². The molecule has 5 aromatic rings. The molecule has 2 aliphatic heterocycles. The first-order valence-corrected chi connectivity index (χ1v) is 13.5. The number of likely N-dealkylation sites (N-methyl/N-ethyl adjacent to an activating group) is 1. The number of fused-ring (bicyclic) bond motifs is 5. The van der Waals surface area contributed by atoms with Crippen molar-refractivity contribution in [2.24, 2.45) is 7.05 Å². The molecule has 0 amide bonds. The zero-order chi connectivity index (χ0) is 28.7. The standard InChI is InChI=1S/C29H29F2N7O3/c1-32-18-9-17(30)23(31)21-22-25(38-7-5-19-20(38)4-6-36(19)2)15(11-33-27(22)35-24(18)21)13-8-14-26(39)16(29(40)41)12-37(3)28(14)34-10-13/h8-12,19-20,29,32,40-41H,4-7H2,1-3H3,(H,33,35)/t19-,20-/m1/s1. The second-order valence-corrected chi connectivity index (χ2v) is 11.0. The number of hydrogen-bond donors (Lipinski definition) is 4. The van der Waals surface area contributed by atoms with E-state index in [1.165, 1.54) is 6.20 Å². The molecule has 0 saturated carbocycles. The van der Waals surface area contributed by atoms with Crippen LogP contribution >= 0.6 is 0 Å². The van der Waals surface area contributed by atoms with E-state index >= 15 is 4.39 Å². The summed E-state index contributed by atoms with van der Waals surface area (Å²) in [5.74, 6) is -1.93. The summed E-state index contributed by atoms with van der Waals surface area (Å²) in [5, 5.41) is 23.3. The molecular formula is C29H29F2N7O3. The van der Waals surface area contributed by atoms with E-state index < -0.39 is 23.4 Å². The Morgan fingerprint density at radius 1 is 1.07 bits per heavy atom. The highest BCUT2D eigenvalue weighted by molar-refractivity contribution is 6.18. The third kappa shape index (κ3) is 3.67. The zero-order valence-corrected chi connectivity index (χ0v) is 22.7. The molecule has 2 fully saturated rings. The quantitative estimate of drug-likeness (QED) is 0.247. The van der Waals surface area contributed by atoms with E-state index in [4.69, 9.17) is 0 Å². The monoisotopic (exact) mass is 561 g/mol. The highest BCUT2D eigenvalue weighted by Gasteiger charge is 2.42. The Morgan fingerprint density at radius 2 is 1.85 bits per heavy atom. The number of rotatable bonds is 4. The van der Waals surface area contributed by atoms with Crippen LogP contribution in [-0.2, 0) is 7.05 Å². The van der Waals surface area contributed by atoms with Crippen LogP contribution in [0.5, 0.6) is 0 Å². The lowest BCUT2D eigenvalue weighted by Gasteiger charge is -2.29. The Hall–Kier alpha value is -4.13. The van der Waals surface area contributed by atoms with Gasteiger partial charge in [0.05, 0.1) is 38.6 Å². The van der Waals surface area contributed by atoms with Gasteiger partial charge in [0.1, 0.15) is 11.3 Å². The van der Waals surface area contributed by atoms with Gasteiger partial charge < -0.3 is 34.9 Å². The van der Waals surface area contributed by atoms with Crippen LogP contribution in [0, 0.1) is 11.6 Å². The average Bonchev–Trinajstić information content (AvgIpc) is 3.66. The molecule has 7 rings (SSSR count). The number of nitrogens with one attached hydrogen (secondary N) is 2. The first-order chi connectivity index (χ1) is 19.7. The van der Waals surface area contributed by atoms with Gasteiger partial charge in [-0.25, -0.2) is 18.7 Å². The second-order valence-electron chi connectivity index (χ2n) is 11.0. The highest BCUT2D eigenvalue weighted by atomic mass is 19.2. The fourth-order valence-corrected chi connectivity index (χ4v) is 6.85. The minimum absolute atomic E-state index is 0.110. The number of aromatic nitrogens is 4. The number of aliphatic hydroxyl groups excluding tert-OH is 1.